The topological polar surface area (TPSA) is 120 Å². The molecule has 39 heavy (non-hydrogen) atoms. The molecule has 1 saturated heterocycles. The van der Waals surface area contributed by atoms with Crippen LogP contribution in [-0.2, 0) is 33.7 Å². The van der Waals surface area contributed by atoms with Gasteiger partial charge in [0.25, 0.3) is 5.91 Å². The van der Waals surface area contributed by atoms with Crippen LogP contribution in [0.2, 0.25) is 0 Å². The Kier molecular flexibility index (Phi) is 7.12. The lowest BCUT2D eigenvalue weighted by Crippen LogP contribution is -2.62. The number of carbonyl (C=O) groups excluding carboxylic acids is 3. The summed E-state index contributed by atoms with van der Waals surface area (Å²) in [5.41, 5.74) is 1.50. The molecule has 2 aromatic carbocycles. The Hall–Kier alpha value is -4.57. The number of pyridine rings is 1. The summed E-state index contributed by atoms with van der Waals surface area (Å²) >= 11 is 0. The minimum atomic E-state index is -3.97. The van der Waals surface area contributed by atoms with Gasteiger partial charge in [-0.05, 0) is 29.3 Å². The Labute approximate surface area is 225 Å². The average Bonchev–Trinajstić information content (AvgIpc) is 2.94. The zero-order valence-electron chi connectivity index (χ0n) is 20.9. The fourth-order valence-corrected chi connectivity index (χ4v) is 6.54. The lowest BCUT2D eigenvalue weighted by atomic mass is 10.00. The zero-order chi connectivity index (χ0) is 27.6. The highest BCUT2D eigenvalue weighted by Gasteiger charge is 2.57. The number of fused-ring (bicyclic) bond motifs is 1. The number of β-lactam (4-membered cyclic amide) rings is 1. The summed E-state index contributed by atoms with van der Waals surface area (Å²) in [5, 5.41) is -1.39. The Morgan fingerprint density at radius 2 is 1.62 bits per heavy atom. The molecule has 2 aliphatic heterocycles. The lowest BCUT2D eigenvalue weighted by Gasteiger charge is -2.45. The molecule has 1 fully saturated rings. The number of aromatic nitrogens is 1. The van der Waals surface area contributed by atoms with Crippen LogP contribution >= 0.6 is 0 Å². The summed E-state index contributed by atoms with van der Waals surface area (Å²) in [7, 11) is -3.97. The maximum atomic E-state index is 13.8. The molecular weight excluding hydrogens is 520 g/mol. The van der Waals surface area contributed by atoms with Crippen LogP contribution in [0.5, 0.6) is 0 Å². The van der Waals surface area contributed by atoms with Gasteiger partial charge < -0.3 is 9.47 Å². The maximum absolute atomic E-state index is 13.8. The second-order valence-corrected chi connectivity index (χ2v) is 11.1. The summed E-state index contributed by atoms with van der Waals surface area (Å²) in [5.74, 6) is -2.82. The monoisotopic (exact) mass is 544 g/mol. The third-order valence-corrected chi connectivity index (χ3v) is 8.22. The number of nitrogens with zero attached hydrogens (tertiary/aromatic N) is 2. The van der Waals surface area contributed by atoms with E-state index in [-0.39, 0.29) is 16.8 Å². The van der Waals surface area contributed by atoms with E-state index >= 15 is 0 Å². The number of rotatable bonds is 7. The predicted molar refractivity (Wildman–Crippen MR) is 141 cm³/mol. The number of sulfone groups is 1. The summed E-state index contributed by atoms with van der Waals surface area (Å²) in [6.07, 6.45) is 2.09. The summed E-state index contributed by atoms with van der Waals surface area (Å²) in [6, 6.07) is 23.1. The van der Waals surface area contributed by atoms with Gasteiger partial charge in [-0.2, -0.15) is 0 Å². The van der Waals surface area contributed by atoms with Crippen molar-refractivity contribution in [1.29, 1.82) is 0 Å². The standard InChI is InChI=1S/C29H24N2O7S/c1-19(32)37-17-22-18-39(35,36)28-24(16-23-14-8-9-15-30-23)27(33)31(28)25(22)29(34)38-26(20-10-4-2-5-11-20)21-12-6-3-7-13-21/h2-16,26,28H,17-18H2,1H3/b24-16-/t28-/m1/s1. The Bertz CT molecular complexity index is 1540. The van der Waals surface area contributed by atoms with Crippen molar-refractivity contribution in [3.05, 3.63) is 119 Å². The first-order chi connectivity index (χ1) is 18.8. The summed E-state index contributed by atoms with van der Waals surface area (Å²) < 4.78 is 37.6. The van der Waals surface area contributed by atoms with Gasteiger partial charge in [-0.3, -0.25) is 19.5 Å². The van der Waals surface area contributed by atoms with Gasteiger partial charge in [0.15, 0.2) is 21.3 Å². The molecule has 1 amide bonds. The average molecular weight is 545 g/mol. The number of ether oxygens (including phenoxy) is 2. The van der Waals surface area contributed by atoms with Crippen molar-refractivity contribution in [2.45, 2.75) is 18.4 Å². The van der Waals surface area contributed by atoms with Gasteiger partial charge in [-0.15, -0.1) is 0 Å². The first-order valence-electron chi connectivity index (χ1n) is 12.1. The van der Waals surface area contributed by atoms with Crippen molar-refractivity contribution in [2.75, 3.05) is 12.4 Å². The molecule has 0 saturated carbocycles. The Morgan fingerprint density at radius 1 is 1.00 bits per heavy atom. The van der Waals surface area contributed by atoms with Gasteiger partial charge in [0.2, 0.25) is 0 Å². The van der Waals surface area contributed by atoms with E-state index in [0.717, 1.165) is 4.90 Å². The van der Waals surface area contributed by atoms with Crippen molar-refractivity contribution in [2.24, 2.45) is 0 Å². The van der Waals surface area contributed by atoms with Gasteiger partial charge >= 0.3 is 11.9 Å². The zero-order valence-corrected chi connectivity index (χ0v) is 21.7. The van der Waals surface area contributed by atoms with Crippen molar-refractivity contribution in [3.63, 3.8) is 0 Å². The van der Waals surface area contributed by atoms with E-state index in [4.69, 9.17) is 9.47 Å². The summed E-state index contributed by atoms with van der Waals surface area (Å²) in [4.78, 5) is 43.7. The first-order valence-corrected chi connectivity index (χ1v) is 13.8. The number of esters is 2. The first kappa shape index (κ1) is 26.1. The maximum Gasteiger partial charge on any atom is 0.356 e. The Morgan fingerprint density at radius 3 is 2.18 bits per heavy atom. The van der Waals surface area contributed by atoms with Crippen LogP contribution in [-0.4, -0.2) is 53.9 Å². The molecule has 198 valence electrons. The molecule has 2 aliphatic rings. The van der Waals surface area contributed by atoms with Crippen LogP contribution in [0.25, 0.3) is 6.08 Å². The van der Waals surface area contributed by atoms with Crippen LogP contribution in [0.4, 0.5) is 0 Å². The largest absolute Gasteiger partial charge is 0.461 e. The van der Waals surface area contributed by atoms with Gasteiger partial charge in [-0.1, -0.05) is 66.7 Å². The van der Waals surface area contributed by atoms with E-state index in [9.17, 15) is 22.8 Å². The number of benzene rings is 2. The van der Waals surface area contributed by atoms with Gasteiger partial charge in [0.05, 0.1) is 17.0 Å². The SMILES string of the molecule is CC(=O)OCC1=C(C(=O)OC(c2ccccc2)c2ccccc2)N2C(=O)/C(=C/c3ccccn3)[C@H]2S(=O)(=O)C1. The van der Waals surface area contributed by atoms with E-state index in [1.54, 1.807) is 66.7 Å². The predicted octanol–water partition coefficient (Wildman–Crippen LogP) is 3.21. The van der Waals surface area contributed by atoms with E-state index in [1.807, 2.05) is 12.1 Å². The van der Waals surface area contributed by atoms with E-state index in [2.05, 4.69) is 4.98 Å². The fraction of sp³-hybridized carbons (Fsp3) is 0.172. The fourth-order valence-electron chi connectivity index (χ4n) is 4.60. The summed E-state index contributed by atoms with van der Waals surface area (Å²) in [6.45, 7) is 0.693. The van der Waals surface area contributed by atoms with Gasteiger partial charge in [0, 0.05) is 18.7 Å². The van der Waals surface area contributed by atoms with Crippen molar-refractivity contribution >= 4 is 33.8 Å². The molecule has 10 heteroatoms. The normalized spacial score (nSPS) is 18.9. The number of amides is 1. The van der Waals surface area contributed by atoms with Crippen LogP contribution in [0.3, 0.4) is 0 Å². The molecule has 3 aromatic rings. The lowest BCUT2D eigenvalue weighted by molar-refractivity contribution is -0.149. The van der Waals surface area contributed by atoms with Crippen LogP contribution < -0.4 is 0 Å². The Balaban J connectivity index is 1.56. The minimum Gasteiger partial charge on any atom is -0.461 e. The third kappa shape index (κ3) is 5.23. The molecule has 9 nitrogen and oxygen atoms in total. The number of hydrogen-bond donors (Lipinski definition) is 0. The number of carbonyl (C=O) groups is 3. The van der Waals surface area contributed by atoms with Crippen molar-refractivity contribution < 1.29 is 32.3 Å². The molecule has 0 bridgehead atoms. The molecule has 5 rings (SSSR count). The molecule has 0 aliphatic carbocycles. The molecule has 0 radical (unpaired) electrons. The van der Waals surface area contributed by atoms with Crippen LogP contribution in [0.15, 0.2) is 102 Å². The van der Waals surface area contributed by atoms with E-state index in [0.29, 0.717) is 16.8 Å². The van der Waals surface area contributed by atoms with E-state index < -0.39 is 51.5 Å². The molecule has 3 heterocycles. The highest BCUT2D eigenvalue weighted by atomic mass is 32.2. The highest BCUT2D eigenvalue weighted by molar-refractivity contribution is 7.92. The van der Waals surface area contributed by atoms with Crippen LogP contribution in [0.1, 0.15) is 29.8 Å². The smallest absolute Gasteiger partial charge is 0.356 e. The van der Waals surface area contributed by atoms with Crippen LogP contribution in [0, 0.1) is 0 Å². The third-order valence-electron chi connectivity index (χ3n) is 6.32. The number of hydrogen-bond acceptors (Lipinski definition) is 8. The molecular formula is C29H24N2O7S. The second-order valence-electron chi connectivity index (χ2n) is 9.03. The van der Waals surface area contributed by atoms with Crippen molar-refractivity contribution in [1.82, 2.24) is 9.88 Å². The molecule has 1 atom stereocenters. The van der Waals surface area contributed by atoms with E-state index in [1.165, 1.54) is 19.2 Å². The van der Waals surface area contributed by atoms with Gasteiger partial charge in [0.1, 0.15) is 12.3 Å². The second kappa shape index (κ2) is 10.7. The molecule has 0 unspecified atom stereocenters. The molecule has 0 N–H and O–H groups in total. The van der Waals surface area contributed by atoms with Crippen molar-refractivity contribution in [3.8, 4) is 0 Å². The quantitative estimate of drug-likeness (QED) is 0.253. The highest BCUT2D eigenvalue weighted by Crippen LogP contribution is 2.42. The minimum absolute atomic E-state index is 0.00629. The molecule has 0 spiro atoms. The molecule has 1 aromatic heterocycles. The van der Waals surface area contributed by atoms with Gasteiger partial charge in [-0.25, -0.2) is 13.2 Å².